The SMILES string of the molecule is COc1cc(O)c(Br)c(O[Si](C)(C)C(C)(C)C)c1. The van der Waals surface area contributed by atoms with Crippen LogP contribution in [0.2, 0.25) is 18.1 Å². The summed E-state index contributed by atoms with van der Waals surface area (Å²) < 4.78 is 11.9. The van der Waals surface area contributed by atoms with E-state index in [0.29, 0.717) is 16.0 Å². The molecule has 0 aromatic heterocycles. The second kappa shape index (κ2) is 5.13. The van der Waals surface area contributed by atoms with Gasteiger partial charge in [-0.3, -0.25) is 0 Å². The largest absolute Gasteiger partial charge is 0.543 e. The van der Waals surface area contributed by atoms with Gasteiger partial charge in [0, 0.05) is 12.1 Å². The third kappa shape index (κ3) is 3.20. The predicted molar refractivity (Wildman–Crippen MR) is 80.2 cm³/mol. The topological polar surface area (TPSA) is 38.7 Å². The average molecular weight is 333 g/mol. The van der Waals surface area contributed by atoms with Crippen molar-refractivity contribution < 1.29 is 14.3 Å². The molecule has 1 rings (SSSR count). The van der Waals surface area contributed by atoms with Crippen molar-refractivity contribution in [1.82, 2.24) is 0 Å². The van der Waals surface area contributed by atoms with Crippen molar-refractivity contribution in [3.8, 4) is 17.2 Å². The van der Waals surface area contributed by atoms with E-state index in [1.165, 1.54) is 0 Å². The lowest BCUT2D eigenvalue weighted by Crippen LogP contribution is -2.43. The molecule has 0 aliphatic rings. The molecule has 0 fully saturated rings. The van der Waals surface area contributed by atoms with Gasteiger partial charge in [-0.05, 0) is 34.1 Å². The molecular weight excluding hydrogens is 312 g/mol. The highest BCUT2D eigenvalue weighted by Gasteiger charge is 2.39. The number of methoxy groups -OCH3 is 1. The Morgan fingerprint density at radius 2 is 1.78 bits per heavy atom. The van der Waals surface area contributed by atoms with E-state index in [1.807, 2.05) is 0 Å². The Morgan fingerprint density at radius 1 is 1.22 bits per heavy atom. The summed E-state index contributed by atoms with van der Waals surface area (Å²) in [7, 11) is -0.364. The van der Waals surface area contributed by atoms with Gasteiger partial charge in [0.25, 0.3) is 8.32 Å². The molecule has 0 saturated heterocycles. The Hall–Kier alpha value is -0.683. The Kier molecular flexibility index (Phi) is 4.38. The summed E-state index contributed by atoms with van der Waals surface area (Å²) in [5.41, 5.74) is 0. The maximum atomic E-state index is 9.82. The first-order valence-electron chi connectivity index (χ1n) is 5.84. The zero-order valence-corrected chi connectivity index (χ0v) is 14.4. The monoisotopic (exact) mass is 332 g/mol. The van der Waals surface area contributed by atoms with Crippen LogP contribution < -0.4 is 9.16 Å². The summed E-state index contributed by atoms with van der Waals surface area (Å²) >= 11 is 3.35. The van der Waals surface area contributed by atoms with E-state index >= 15 is 0 Å². The molecule has 1 aromatic carbocycles. The summed E-state index contributed by atoms with van der Waals surface area (Å²) in [6.45, 7) is 10.8. The van der Waals surface area contributed by atoms with E-state index in [0.717, 1.165) is 0 Å². The first-order chi connectivity index (χ1) is 8.08. The van der Waals surface area contributed by atoms with Crippen LogP contribution in [0.25, 0.3) is 0 Å². The van der Waals surface area contributed by atoms with Gasteiger partial charge in [0.05, 0.1) is 7.11 Å². The standard InChI is InChI=1S/C13H21BrO3Si/c1-13(2,3)18(5,6)17-11-8-9(16-4)7-10(15)12(11)14/h7-8,15H,1-6H3. The highest BCUT2D eigenvalue weighted by Crippen LogP contribution is 2.43. The number of hydrogen-bond donors (Lipinski definition) is 1. The van der Waals surface area contributed by atoms with Crippen molar-refractivity contribution in [2.75, 3.05) is 7.11 Å². The van der Waals surface area contributed by atoms with Gasteiger partial charge in [-0.15, -0.1) is 0 Å². The molecule has 0 unspecified atom stereocenters. The van der Waals surface area contributed by atoms with Crippen molar-refractivity contribution in [3.05, 3.63) is 16.6 Å². The number of phenols is 1. The molecule has 0 aliphatic carbocycles. The third-order valence-electron chi connectivity index (χ3n) is 3.40. The van der Waals surface area contributed by atoms with Crippen LogP contribution in [0.15, 0.2) is 16.6 Å². The Labute approximate surface area is 118 Å². The molecule has 3 nitrogen and oxygen atoms in total. The van der Waals surface area contributed by atoms with Gasteiger partial charge in [0.2, 0.25) is 0 Å². The van der Waals surface area contributed by atoms with Gasteiger partial charge in [-0.25, -0.2) is 0 Å². The number of aromatic hydroxyl groups is 1. The second-order valence-electron chi connectivity index (χ2n) is 5.82. The number of benzene rings is 1. The summed E-state index contributed by atoms with van der Waals surface area (Å²) in [5.74, 6) is 1.35. The summed E-state index contributed by atoms with van der Waals surface area (Å²) in [5, 5.41) is 9.92. The van der Waals surface area contributed by atoms with E-state index in [4.69, 9.17) is 9.16 Å². The third-order valence-corrected chi connectivity index (χ3v) is 8.54. The van der Waals surface area contributed by atoms with Crippen LogP contribution in [-0.2, 0) is 0 Å². The molecule has 0 bridgehead atoms. The summed E-state index contributed by atoms with van der Waals surface area (Å²) in [4.78, 5) is 0. The minimum absolute atomic E-state index is 0.102. The van der Waals surface area contributed by atoms with E-state index in [9.17, 15) is 5.11 Å². The fourth-order valence-corrected chi connectivity index (χ4v) is 2.65. The van der Waals surface area contributed by atoms with Crippen molar-refractivity contribution in [1.29, 1.82) is 0 Å². The van der Waals surface area contributed by atoms with Gasteiger partial charge in [0.1, 0.15) is 21.7 Å². The zero-order chi connectivity index (χ0) is 14.1. The van der Waals surface area contributed by atoms with Crippen LogP contribution in [0.4, 0.5) is 0 Å². The van der Waals surface area contributed by atoms with E-state index in [1.54, 1.807) is 19.2 Å². The zero-order valence-electron chi connectivity index (χ0n) is 11.8. The fraction of sp³-hybridized carbons (Fsp3) is 0.538. The normalized spacial score (nSPS) is 12.4. The van der Waals surface area contributed by atoms with Crippen LogP contribution in [0.5, 0.6) is 17.2 Å². The molecule has 0 amide bonds. The minimum Gasteiger partial charge on any atom is -0.543 e. The summed E-state index contributed by atoms with van der Waals surface area (Å²) in [6.07, 6.45) is 0. The fourth-order valence-electron chi connectivity index (χ4n) is 1.18. The van der Waals surface area contributed by atoms with Crippen LogP contribution in [0, 0.1) is 0 Å². The quantitative estimate of drug-likeness (QED) is 0.825. The number of rotatable bonds is 3. The molecule has 0 radical (unpaired) electrons. The molecule has 0 saturated carbocycles. The van der Waals surface area contributed by atoms with E-state index in [2.05, 4.69) is 49.8 Å². The maximum Gasteiger partial charge on any atom is 0.250 e. The predicted octanol–water partition coefficient (Wildman–Crippen LogP) is 4.55. The Morgan fingerprint density at radius 3 is 2.22 bits per heavy atom. The van der Waals surface area contributed by atoms with Crippen molar-refractivity contribution in [3.63, 3.8) is 0 Å². The Bertz CT molecular complexity index is 439. The number of hydrogen-bond acceptors (Lipinski definition) is 3. The van der Waals surface area contributed by atoms with Crippen LogP contribution in [-0.4, -0.2) is 20.5 Å². The molecule has 1 N–H and O–H groups in total. The molecule has 5 heteroatoms. The number of ether oxygens (including phenoxy) is 1. The smallest absolute Gasteiger partial charge is 0.250 e. The highest BCUT2D eigenvalue weighted by molar-refractivity contribution is 9.10. The van der Waals surface area contributed by atoms with Crippen LogP contribution in [0.3, 0.4) is 0 Å². The first kappa shape index (κ1) is 15.4. The van der Waals surface area contributed by atoms with Crippen LogP contribution in [0.1, 0.15) is 20.8 Å². The Balaban J connectivity index is 3.15. The van der Waals surface area contributed by atoms with Gasteiger partial charge >= 0.3 is 0 Å². The average Bonchev–Trinajstić information content (AvgIpc) is 2.22. The van der Waals surface area contributed by atoms with Gasteiger partial charge < -0.3 is 14.3 Å². The molecule has 102 valence electrons. The molecule has 1 aromatic rings. The maximum absolute atomic E-state index is 9.82. The molecule has 0 aliphatic heterocycles. The second-order valence-corrected chi connectivity index (χ2v) is 11.3. The van der Waals surface area contributed by atoms with Crippen molar-refractivity contribution in [2.45, 2.75) is 38.9 Å². The first-order valence-corrected chi connectivity index (χ1v) is 9.54. The number of halogens is 1. The van der Waals surface area contributed by atoms with Gasteiger partial charge in [-0.1, -0.05) is 20.8 Å². The molecule has 0 heterocycles. The van der Waals surface area contributed by atoms with Crippen molar-refractivity contribution in [2.24, 2.45) is 0 Å². The van der Waals surface area contributed by atoms with E-state index < -0.39 is 8.32 Å². The van der Waals surface area contributed by atoms with Crippen LogP contribution >= 0.6 is 15.9 Å². The molecular formula is C13H21BrO3Si. The molecule has 0 atom stereocenters. The number of phenolic OH excluding ortho intramolecular Hbond substituents is 1. The van der Waals surface area contributed by atoms with Gasteiger partial charge in [0.15, 0.2) is 0 Å². The van der Waals surface area contributed by atoms with E-state index in [-0.39, 0.29) is 10.8 Å². The minimum atomic E-state index is -1.93. The highest BCUT2D eigenvalue weighted by atomic mass is 79.9. The molecule has 0 spiro atoms. The lowest BCUT2D eigenvalue weighted by atomic mass is 10.2. The van der Waals surface area contributed by atoms with Gasteiger partial charge in [-0.2, -0.15) is 0 Å². The lowest BCUT2D eigenvalue weighted by molar-refractivity contribution is 0.400. The molecule has 18 heavy (non-hydrogen) atoms. The lowest BCUT2D eigenvalue weighted by Gasteiger charge is -2.36. The summed E-state index contributed by atoms with van der Waals surface area (Å²) in [6, 6.07) is 3.35. The van der Waals surface area contributed by atoms with Crippen molar-refractivity contribution >= 4 is 24.2 Å².